The lowest BCUT2D eigenvalue weighted by Gasteiger charge is -2.19. The standard InChI is InChI=1S/C20H21Cl2N3/c1-3-13(11-5-6-11)15-10-23-20-19(24-17(4-2)25-20)18(15)14-8-7-12(21)9-16(14)22/h7-11,13H,3-6H2,1-2H3,(H,23,24,25). The number of nitrogens with one attached hydrogen (secondary N) is 1. The van der Waals surface area contributed by atoms with E-state index in [1.54, 1.807) is 0 Å². The van der Waals surface area contributed by atoms with Crippen molar-refractivity contribution in [2.45, 2.75) is 45.4 Å². The molecule has 1 saturated carbocycles. The van der Waals surface area contributed by atoms with Crippen molar-refractivity contribution in [3.8, 4) is 11.1 Å². The molecule has 130 valence electrons. The Balaban J connectivity index is 2.01. The van der Waals surface area contributed by atoms with Crippen molar-refractivity contribution >= 4 is 34.4 Å². The number of hydrogen-bond acceptors (Lipinski definition) is 2. The lowest BCUT2D eigenvalue weighted by atomic mass is 9.86. The number of aromatic amines is 1. The van der Waals surface area contributed by atoms with Gasteiger partial charge >= 0.3 is 0 Å². The van der Waals surface area contributed by atoms with E-state index in [4.69, 9.17) is 23.2 Å². The minimum atomic E-state index is 0.507. The molecule has 1 aromatic carbocycles. The molecule has 25 heavy (non-hydrogen) atoms. The summed E-state index contributed by atoms with van der Waals surface area (Å²) in [7, 11) is 0. The minimum absolute atomic E-state index is 0.507. The molecule has 0 radical (unpaired) electrons. The Morgan fingerprint density at radius 2 is 2.04 bits per heavy atom. The van der Waals surface area contributed by atoms with Crippen LogP contribution < -0.4 is 0 Å². The van der Waals surface area contributed by atoms with E-state index >= 15 is 0 Å². The van der Waals surface area contributed by atoms with Crippen LogP contribution in [0.2, 0.25) is 10.0 Å². The molecular weight excluding hydrogens is 353 g/mol. The fourth-order valence-corrected chi connectivity index (χ4v) is 4.26. The molecule has 4 rings (SSSR count). The molecule has 1 N–H and O–H groups in total. The molecule has 5 heteroatoms. The van der Waals surface area contributed by atoms with Crippen LogP contribution in [0.15, 0.2) is 24.4 Å². The van der Waals surface area contributed by atoms with Crippen LogP contribution in [0, 0.1) is 5.92 Å². The fraction of sp³-hybridized carbons (Fsp3) is 0.400. The molecule has 1 atom stereocenters. The van der Waals surface area contributed by atoms with Gasteiger partial charge in [-0.3, -0.25) is 0 Å². The fourth-order valence-electron chi connectivity index (χ4n) is 3.76. The number of benzene rings is 1. The maximum Gasteiger partial charge on any atom is 0.178 e. The van der Waals surface area contributed by atoms with Crippen molar-refractivity contribution in [2.24, 2.45) is 5.92 Å². The maximum absolute atomic E-state index is 6.58. The van der Waals surface area contributed by atoms with Crippen molar-refractivity contribution in [1.29, 1.82) is 0 Å². The topological polar surface area (TPSA) is 41.6 Å². The highest BCUT2D eigenvalue weighted by atomic mass is 35.5. The summed E-state index contributed by atoms with van der Waals surface area (Å²) in [5.41, 5.74) is 5.15. The van der Waals surface area contributed by atoms with E-state index in [1.165, 1.54) is 18.4 Å². The Bertz CT molecular complexity index is 928. The Kier molecular flexibility index (Phi) is 4.47. The first-order valence-electron chi connectivity index (χ1n) is 8.95. The highest BCUT2D eigenvalue weighted by Crippen LogP contribution is 2.48. The number of rotatable bonds is 5. The van der Waals surface area contributed by atoms with Gasteiger partial charge in [0.15, 0.2) is 5.65 Å². The molecule has 0 spiro atoms. The summed E-state index contributed by atoms with van der Waals surface area (Å²) < 4.78 is 0. The van der Waals surface area contributed by atoms with Crippen molar-refractivity contribution in [1.82, 2.24) is 15.0 Å². The monoisotopic (exact) mass is 373 g/mol. The molecule has 2 aromatic heterocycles. The van der Waals surface area contributed by atoms with Crippen LogP contribution >= 0.6 is 23.2 Å². The van der Waals surface area contributed by atoms with E-state index in [0.29, 0.717) is 16.0 Å². The molecule has 3 aromatic rings. The first-order valence-corrected chi connectivity index (χ1v) is 9.70. The summed E-state index contributed by atoms with van der Waals surface area (Å²) in [6, 6.07) is 5.71. The summed E-state index contributed by atoms with van der Waals surface area (Å²) in [4.78, 5) is 12.7. The molecule has 1 fully saturated rings. The lowest BCUT2D eigenvalue weighted by Crippen LogP contribution is -2.04. The van der Waals surface area contributed by atoms with E-state index in [-0.39, 0.29) is 0 Å². The first-order chi connectivity index (χ1) is 12.1. The molecule has 0 saturated heterocycles. The smallest absolute Gasteiger partial charge is 0.178 e. The van der Waals surface area contributed by atoms with Gasteiger partial charge in [0.1, 0.15) is 5.82 Å². The lowest BCUT2D eigenvalue weighted by molar-refractivity contribution is 0.587. The average molecular weight is 374 g/mol. The summed E-state index contributed by atoms with van der Waals surface area (Å²) in [5, 5.41) is 1.31. The number of fused-ring (bicyclic) bond motifs is 1. The third-order valence-electron chi connectivity index (χ3n) is 5.16. The van der Waals surface area contributed by atoms with Gasteiger partial charge in [0.25, 0.3) is 0 Å². The number of nitrogens with zero attached hydrogens (tertiary/aromatic N) is 2. The number of imidazole rings is 1. The zero-order valence-corrected chi connectivity index (χ0v) is 16.0. The second-order valence-electron chi connectivity index (χ2n) is 6.80. The van der Waals surface area contributed by atoms with Gasteiger partial charge < -0.3 is 4.98 Å². The molecule has 1 unspecified atom stereocenters. The van der Waals surface area contributed by atoms with Gasteiger partial charge in [0, 0.05) is 33.8 Å². The predicted octanol–water partition coefficient (Wildman–Crippen LogP) is 6.40. The SMILES string of the molecule is CCc1nc2ncc(C(CC)C3CC3)c(-c3ccc(Cl)cc3Cl)c2[nH]1. The number of halogens is 2. The van der Waals surface area contributed by atoms with Gasteiger partial charge in [0.05, 0.1) is 5.52 Å². The number of aromatic nitrogens is 3. The van der Waals surface area contributed by atoms with E-state index in [0.717, 1.165) is 46.9 Å². The molecular formula is C20H21Cl2N3. The van der Waals surface area contributed by atoms with Crippen LogP contribution in [0.5, 0.6) is 0 Å². The maximum atomic E-state index is 6.58. The molecule has 1 aliphatic rings. The number of H-pyrrole nitrogens is 1. The second kappa shape index (κ2) is 6.62. The normalized spacial score (nSPS) is 15.7. The highest BCUT2D eigenvalue weighted by molar-refractivity contribution is 6.36. The summed E-state index contributed by atoms with van der Waals surface area (Å²) in [5.74, 6) is 2.21. The quantitative estimate of drug-likeness (QED) is 0.562. The molecule has 1 aliphatic carbocycles. The van der Waals surface area contributed by atoms with Crippen molar-refractivity contribution < 1.29 is 0 Å². The molecule has 0 bridgehead atoms. The van der Waals surface area contributed by atoms with Gasteiger partial charge in [-0.15, -0.1) is 0 Å². The third-order valence-corrected chi connectivity index (χ3v) is 5.71. The Labute approximate surface area is 157 Å². The highest BCUT2D eigenvalue weighted by Gasteiger charge is 2.33. The van der Waals surface area contributed by atoms with Gasteiger partial charge in [-0.25, -0.2) is 9.97 Å². The van der Waals surface area contributed by atoms with Gasteiger partial charge in [-0.05, 0) is 48.8 Å². The average Bonchev–Trinajstić information content (AvgIpc) is 3.34. The largest absolute Gasteiger partial charge is 0.340 e. The van der Waals surface area contributed by atoms with Crippen molar-refractivity contribution in [3.05, 3.63) is 45.8 Å². The summed E-state index contributed by atoms with van der Waals surface area (Å²) in [6.45, 7) is 4.34. The van der Waals surface area contributed by atoms with Gasteiger partial charge in [-0.1, -0.05) is 43.1 Å². The Morgan fingerprint density at radius 3 is 2.68 bits per heavy atom. The zero-order valence-electron chi connectivity index (χ0n) is 14.4. The van der Waals surface area contributed by atoms with Crippen LogP contribution in [0.1, 0.15) is 50.4 Å². The number of hydrogen-bond donors (Lipinski definition) is 1. The van der Waals surface area contributed by atoms with Crippen LogP contribution in [0.3, 0.4) is 0 Å². The number of aryl methyl sites for hydroxylation is 1. The van der Waals surface area contributed by atoms with Crippen LogP contribution in [-0.4, -0.2) is 15.0 Å². The first kappa shape index (κ1) is 16.9. The second-order valence-corrected chi connectivity index (χ2v) is 7.64. The molecule has 3 nitrogen and oxygen atoms in total. The van der Waals surface area contributed by atoms with Crippen molar-refractivity contribution in [2.75, 3.05) is 0 Å². The molecule has 2 heterocycles. The van der Waals surface area contributed by atoms with Crippen LogP contribution in [0.25, 0.3) is 22.3 Å². The van der Waals surface area contributed by atoms with E-state index < -0.39 is 0 Å². The molecule has 0 amide bonds. The number of pyridine rings is 1. The van der Waals surface area contributed by atoms with Crippen LogP contribution in [0.4, 0.5) is 0 Å². The zero-order chi connectivity index (χ0) is 17.6. The van der Waals surface area contributed by atoms with E-state index in [2.05, 4.69) is 28.8 Å². The summed E-state index contributed by atoms with van der Waals surface area (Å²) >= 11 is 12.7. The van der Waals surface area contributed by atoms with Crippen LogP contribution in [-0.2, 0) is 6.42 Å². The molecule has 0 aliphatic heterocycles. The van der Waals surface area contributed by atoms with Crippen molar-refractivity contribution in [3.63, 3.8) is 0 Å². The Morgan fingerprint density at radius 1 is 1.24 bits per heavy atom. The van der Waals surface area contributed by atoms with Gasteiger partial charge in [0.2, 0.25) is 0 Å². The van der Waals surface area contributed by atoms with E-state index in [9.17, 15) is 0 Å². The van der Waals surface area contributed by atoms with E-state index in [1.807, 2.05) is 24.4 Å². The summed E-state index contributed by atoms with van der Waals surface area (Å²) in [6.07, 6.45) is 6.56. The third kappa shape index (κ3) is 3.04. The minimum Gasteiger partial charge on any atom is -0.340 e. The Hall–Kier alpha value is -1.58. The predicted molar refractivity (Wildman–Crippen MR) is 104 cm³/mol. The van der Waals surface area contributed by atoms with Gasteiger partial charge in [-0.2, -0.15) is 0 Å².